The van der Waals surface area contributed by atoms with E-state index in [1.807, 2.05) is 12.1 Å². The molecule has 1 heterocycles. The van der Waals surface area contributed by atoms with Gasteiger partial charge in [0.1, 0.15) is 0 Å². The second kappa shape index (κ2) is 6.76. The van der Waals surface area contributed by atoms with E-state index < -0.39 is 0 Å². The molecule has 0 bridgehead atoms. The van der Waals surface area contributed by atoms with Crippen LogP contribution in [0.2, 0.25) is 4.34 Å². The summed E-state index contributed by atoms with van der Waals surface area (Å²) >= 11 is 7.44. The first-order chi connectivity index (χ1) is 7.58. The van der Waals surface area contributed by atoms with Crippen LogP contribution in [0.25, 0.3) is 0 Å². The van der Waals surface area contributed by atoms with Crippen molar-refractivity contribution < 1.29 is 0 Å². The van der Waals surface area contributed by atoms with Crippen LogP contribution in [-0.2, 0) is 6.42 Å². The lowest BCUT2D eigenvalue weighted by atomic mass is 10.2. The Morgan fingerprint density at radius 2 is 2.31 bits per heavy atom. The average Bonchev–Trinajstić information content (AvgIpc) is 2.61. The van der Waals surface area contributed by atoms with Gasteiger partial charge in [0.2, 0.25) is 0 Å². The normalized spacial score (nSPS) is 12.1. The number of aliphatic imine (C=N–C) groups is 1. The van der Waals surface area contributed by atoms with Gasteiger partial charge in [-0.3, -0.25) is 4.99 Å². The highest BCUT2D eigenvalue weighted by molar-refractivity contribution is 7.16. The van der Waals surface area contributed by atoms with Crippen molar-refractivity contribution in [3.63, 3.8) is 0 Å². The molecule has 0 saturated heterocycles. The number of hydrogen-bond acceptors (Lipinski definition) is 2. The first-order valence-electron chi connectivity index (χ1n) is 5.36. The maximum Gasteiger partial charge on any atom is 0.188 e. The van der Waals surface area contributed by atoms with E-state index in [1.54, 1.807) is 11.3 Å². The van der Waals surface area contributed by atoms with Gasteiger partial charge in [0, 0.05) is 18.0 Å². The SMILES string of the molecule is CC(C)CN=C(N)NCCc1ccc(Cl)s1. The van der Waals surface area contributed by atoms with Gasteiger partial charge in [-0.05, 0) is 24.5 Å². The van der Waals surface area contributed by atoms with Crippen LogP contribution in [-0.4, -0.2) is 19.0 Å². The molecule has 3 nitrogen and oxygen atoms in total. The zero-order chi connectivity index (χ0) is 12.0. The van der Waals surface area contributed by atoms with Crippen LogP contribution in [0, 0.1) is 5.92 Å². The minimum Gasteiger partial charge on any atom is -0.370 e. The van der Waals surface area contributed by atoms with Crippen molar-refractivity contribution in [1.82, 2.24) is 5.32 Å². The number of rotatable bonds is 5. The third kappa shape index (κ3) is 5.37. The lowest BCUT2D eigenvalue weighted by molar-refractivity contribution is 0.661. The Morgan fingerprint density at radius 1 is 1.56 bits per heavy atom. The van der Waals surface area contributed by atoms with Crippen molar-refractivity contribution in [2.75, 3.05) is 13.1 Å². The highest BCUT2D eigenvalue weighted by atomic mass is 35.5. The molecule has 0 aliphatic heterocycles. The Balaban J connectivity index is 2.22. The summed E-state index contributed by atoms with van der Waals surface area (Å²) in [6, 6.07) is 3.95. The molecule has 0 radical (unpaired) electrons. The predicted octanol–water partition coefficient (Wildman–Crippen LogP) is 2.50. The molecule has 0 spiro atoms. The van der Waals surface area contributed by atoms with Crippen molar-refractivity contribution in [3.05, 3.63) is 21.3 Å². The smallest absolute Gasteiger partial charge is 0.188 e. The summed E-state index contributed by atoms with van der Waals surface area (Å²) in [6.07, 6.45) is 0.926. The topological polar surface area (TPSA) is 50.4 Å². The van der Waals surface area contributed by atoms with E-state index in [0.717, 1.165) is 23.8 Å². The molecule has 0 saturated carbocycles. The molecular formula is C11H18ClN3S. The fourth-order valence-corrected chi connectivity index (χ4v) is 2.22. The average molecular weight is 260 g/mol. The second-order valence-electron chi connectivity index (χ2n) is 4.00. The minimum atomic E-state index is 0.524. The molecule has 90 valence electrons. The van der Waals surface area contributed by atoms with Crippen LogP contribution in [0.5, 0.6) is 0 Å². The maximum absolute atomic E-state index is 5.84. The molecule has 1 aromatic rings. The fraction of sp³-hybridized carbons (Fsp3) is 0.545. The number of thiophene rings is 1. The molecule has 16 heavy (non-hydrogen) atoms. The summed E-state index contributed by atoms with van der Waals surface area (Å²) in [6.45, 7) is 5.79. The van der Waals surface area contributed by atoms with E-state index >= 15 is 0 Å². The fourth-order valence-electron chi connectivity index (χ4n) is 1.14. The molecule has 5 heteroatoms. The Bertz CT molecular complexity index is 347. The van der Waals surface area contributed by atoms with E-state index in [9.17, 15) is 0 Å². The summed E-state index contributed by atoms with van der Waals surface area (Å²) in [5, 5.41) is 3.09. The third-order valence-electron chi connectivity index (χ3n) is 1.93. The Hall–Kier alpha value is -0.740. The molecular weight excluding hydrogens is 242 g/mol. The zero-order valence-corrected chi connectivity index (χ0v) is 11.2. The standard InChI is InChI=1S/C11H18ClN3S/c1-8(2)7-15-11(13)14-6-5-9-3-4-10(12)16-9/h3-4,8H,5-7H2,1-2H3,(H3,13,14,15). The number of nitrogens with one attached hydrogen (secondary N) is 1. The molecule has 1 aromatic heterocycles. The van der Waals surface area contributed by atoms with Gasteiger partial charge in [0.25, 0.3) is 0 Å². The van der Waals surface area contributed by atoms with Crippen LogP contribution in [0.15, 0.2) is 17.1 Å². The predicted molar refractivity (Wildman–Crippen MR) is 72.4 cm³/mol. The van der Waals surface area contributed by atoms with E-state index in [2.05, 4.69) is 24.2 Å². The largest absolute Gasteiger partial charge is 0.370 e. The quantitative estimate of drug-likeness (QED) is 0.631. The first kappa shape index (κ1) is 13.3. The van der Waals surface area contributed by atoms with Gasteiger partial charge in [0.05, 0.1) is 4.34 Å². The molecule has 1 rings (SSSR count). The van der Waals surface area contributed by atoms with Crippen LogP contribution in [0.4, 0.5) is 0 Å². The van der Waals surface area contributed by atoms with Gasteiger partial charge in [-0.2, -0.15) is 0 Å². The van der Waals surface area contributed by atoms with Crippen molar-refractivity contribution in [2.24, 2.45) is 16.6 Å². The van der Waals surface area contributed by atoms with Crippen molar-refractivity contribution in [3.8, 4) is 0 Å². The van der Waals surface area contributed by atoms with Crippen LogP contribution < -0.4 is 11.1 Å². The van der Waals surface area contributed by atoms with Crippen molar-refractivity contribution >= 4 is 28.9 Å². The van der Waals surface area contributed by atoms with Crippen LogP contribution in [0.3, 0.4) is 0 Å². The van der Waals surface area contributed by atoms with Gasteiger partial charge < -0.3 is 11.1 Å². The van der Waals surface area contributed by atoms with E-state index in [0.29, 0.717) is 11.9 Å². The third-order valence-corrected chi connectivity index (χ3v) is 3.22. The number of nitrogens with zero attached hydrogens (tertiary/aromatic N) is 1. The minimum absolute atomic E-state index is 0.524. The van der Waals surface area contributed by atoms with Crippen LogP contribution >= 0.6 is 22.9 Å². The van der Waals surface area contributed by atoms with Crippen LogP contribution in [0.1, 0.15) is 18.7 Å². The summed E-state index contributed by atoms with van der Waals surface area (Å²) in [7, 11) is 0. The Kier molecular flexibility index (Phi) is 5.63. The molecule has 0 aliphatic carbocycles. The van der Waals surface area contributed by atoms with Gasteiger partial charge in [-0.1, -0.05) is 25.4 Å². The number of halogens is 1. The van der Waals surface area contributed by atoms with E-state index in [1.165, 1.54) is 4.88 Å². The molecule has 0 aromatic carbocycles. The molecule has 0 amide bonds. The van der Waals surface area contributed by atoms with Gasteiger partial charge in [-0.25, -0.2) is 0 Å². The number of nitrogens with two attached hydrogens (primary N) is 1. The van der Waals surface area contributed by atoms with Crippen molar-refractivity contribution in [1.29, 1.82) is 0 Å². The number of hydrogen-bond donors (Lipinski definition) is 2. The first-order valence-corrected chi connectivity index (χ1v) is 6.55. The van der Waals surface area contributed by atoms with E-state index in [-0.39, 0.29) is 0 Å². The zero-order valence-electron chi connectivity index (χ0n) is 9.66. The van der Waals surface area contributed by atoms with Crippen molar-refractivity contribution in [2.45, 2.75) is 20.3 Å². The Morgan fingerprint density at radius 3 is 2.88 bits per heavy atom. The molecule has 0 unspecified atom stereocenters. The monoisotopic (exact) mass is 259 g/mol. The number of guanidine groups is 1. The summed E-state index contributed by atoms with van der Waals surface area (Å²) < 4.78 is 0.830. The Labute approximate surface area is 106 Å². The van der Waals surface area contributed by atoms with Gasteiger partial charge >= 0.3 is 0 Å². The molecule has 3 N–H and O–H groups in total. The lowest BCUT2D eigenvalue weighted by Crippen LogP contribution is -2.33. The highest BCUT2D eigenvalue weighted by Gasteiger charge is 1.98. The molecule has 0 aliphatic rings. The lowest BCUT2D eigenvalue weighted by Gasteiger charge is -2.05. The molecule has 0 atom stereocenters. The summed E-state index contributed by atoms with van der Waals surface area (Å²) in [5.74, 6) is 1.06. The van der Waals surface area contributed by atoms with Gasteiger partial charge in [0.15, 0.2) is 5.96 Å². The van der Waals surface area contributed by atoms with Gasteiger partial charge in [-0.15, -0.1) is 11.3 Å². The summed E-state index contributed by atoms with van der Waals surface area (Å²) in [4.78, 5) is 5.48. The highest BCUT2D eigenvalue weighted by Crippen LogP contribution is 2.21. The maximum atomic E-state index is 5.84. The summed E-state index contributed by atoms with van der Waals surface area (Å²) in [5.41, 5.74) is 5.71. The molecule has 0 fully saturated rings. The second-order valence-corrected chi connectivity index (χ2v) is 5.80. The van der Waals surface area contributed by atoms with E-state index in [4.69, 9.17) is 17.3 Å².